The minimum Gasteiger partial charge on any atom is -0.330 e. The van der Waals surface area contributed by atoms with Gasteiger partial charge in [0, 0.05) is 5.02 Å². The van der Waals surface area contributed by atoms with Gasteiger partial charge in [0.1, 0.15) is 0 Å². The SMILES string of the molecule is NCCC1(c2cc(Cl)cc(C(F)(F)F)c2)CC1. The molecule has 1 aliphatic carbocycles. The average Bonchev–Trinajstić information content (AvgIpc) is 2.97. The Bertz CT molecular complexity index is 424. The zero-order valence-corrected chi connectivity index (χ0v) is 9.91. The van der Waals surface area contributed by atoms with Gasteiger partial charge in [-0.2, -0.15) is 13.2 Å². The van der Waals surface area contributed by atoms with E-state index in [-0.39, 0.29) is 10.4 Å². The molecule has 0 unspecified atom stereocenters. The molecule has 0 aromatic heterocycles. The molecule has 0 spiro atoms. The van der Waals surface area contributed by atoms with Crippen LogP contribution >= 0.6 is 11.6 Å². The Hall–Kier alpha value is -0.740. The van der Waals surface area contributed by atoms with Crippen molar-refractivity contribution in [2.45, 2.75) is 30.9 Å². The molecule has 1 aliphatic rings. The Morgan fingerprint density at radius 3 is 2.35 bits per heavy atom. The van der Waals surface area contributed by atoms with Crippen LogP contribution in [0, 0.1) is 0 Å². The number of nitrogens with two attached hydrogens (primary N) is 1. The molecule has 2 rings (SSSR count). The van der Waals surface area contributed by atoms with Gasteiger partial charge in [-0.1, -0.05) is 11.6 Å². The summed E-state index contributed by atoms with van der Waals surface area (Å²) in [5.74, 6) is 0. The molecule has 1 aromatic carbocycles. The minimum absolute atomic E-state index is 0.137. The lowest BCUT2D eigenvalue weighted by Gasteiger charge is -2.17. The van der Waals surface area contributed by atoms with Crippen LogP contribution in [0.25, 0.3) is 0 Å². The summed E-state index contributed by atoms with van der Waals surface area (Å²) in [5.41, 5.74) is 5.32. The van der Waals surface area contributed by atoms with E-state index >= 15 is 0 Å². The summed E-state index contributed by atoms with van der Waals surface area (Å²) >= 11 is 5.76. The van der Waals surface area contributed by atoms with Gasteiger partial charge in [-0.25, -0.2) is 0 Å². The van der Waals surface area contributed by atoms with Crippen molar-refractivity contribution in [2.24, 2.45) is 5.73 Å². The summed E-state index contributed by atoms with van der Waals surface area (Å²) in [6.07, 6.45) is -1.85. The van der Waals surface area contributed by atoms with Crippen LogP contribution in [0.2, 0.25) is 5.02 Å². The topological polar surface area (TPSA) is 26.0 Å². The van der Waals surface area contributed by atoms with Crippen LogP contribution in [-0.4, -0.2) is 6.54 Å². The first-order chi connectivity index (χ1) is 7.87. The van der Waals surface area contributed by atoms with Crippen molar-refractivity contribution in [3.05, 3.63) is 34.3 Å². The Balaban J connectivity index is 2.39. The van der Waals surface area contributed by atoms with E-state index in [1.54, 1.807) is 6.07 Å². The fourth-order valence-corrected chi connectivity index (χ4v) is 2.40. The lowest BCUT2D eigenvalue weighted by Crippen LogP contribution is -2.15. The Morgan fingerprint density at radius 1 is 1.24 bits per heavy atom. The molecule has 1 saturated carbocycles. The molecular formula is C12H13ClF3N. The van der Waals surface area contributed by atoms with Crippen molar-refractivity contribution >= 4 is 11.6 Å². The fraction of sp³-hybridized carbons (Fsp3) is 0.500. The average molecular weight is 264 g/mol. The fourth-order valence-electron chi connectivity index (χ4n) is 2.17. The molecule has 0 aliphatic heterocycles. The van der Waals surface area contributed by atoms with E-state index in [0.717, 1.165) is 18.9 Å². The summed E-state index contributed by atoms with van der Waals surface area (Å²) < 4.78 is 38.0. The normalized spacial score (nSPS) is 18.2. The highest BCUT2D eigenvalue weighted by atomic mass is 35.5. The van der Waals surface area contributed by atoms with Crippen LogP contribution in [0.1, 0.15) is 30.4 Å². The van der Waals surface area contributed by atoms with Crippen LogP contribution in [-0.2, 0) is 11.6 Å². The summed E-state index contributed by atoms with van der Waals surface area (Å²) in [7, 11) is 0. The number of benzene rings is 1. The first kappa shape index (κ1) is 12.7. The first-order valence-corrected chi connectivity index (χ1v) is 5.83. The zero-order valence-electron chi connectivity index (χ0n) is 9.15. The van der Waals surface area contributed by atoms with E-state index in [4.69, 9.17) is 17.3 Å². The molecule has 0 radical (unpaired) electrons. The molecule has 2 N–H and O–H groups in total. The largest absolute Gasteiger partial charge is 0.416 e. The molecule has 0 atom stereocenters. The third kappa shape index (κ3) is 2.58. The zero-order chi connectivity index (χ0) is 12.7. The molecule has 0 saturated heterocycles. The Labute approximate surface area is 103 Å². The van der Waals surface area contributed by atoms with E-state index in [0.29, 0.717) is 18.5 Å². The highest BCUT2D eigenvalue weighted by molar-refractivity contribution is 6.30. The summed E-state index contributed by atoms with van der Waals surface area (Å²) in [6.45, 7) is 0.480. The monoisotopic (exact) mass is 263 g/mol. The van der Waals surface area contributed by atoms with E-state index in [1.807, 2.05) is 0 Å². The Kier molecular flexibility index (Phi) is 3.12. The third-order valence-corrected chi connectivity index (χ3v) is 3.53. The molecule has 1 aromatic rings. The van der Waals surface area contributed by atoms with Crippen molar-refractivity contribution in [1.29, 1.82) is 0 Å². The lowest BCUT2D eigenvalue weighted by atomic mass is 9.91. The van der Waals surface area contributed by atoms with Gasteiger partial charge in [0.25, 0.3) is 0 Å². The van der Waals surface area contributed by atoms with E-state index < -0.39 is 11.7 Å². The number of hydrogen-bond acceptors (Lipinski definition) is 1. The molecule has 1 nitrogen and oxygen atoms in total. The second-order valence-electron chi connectivity index (χ2n) is 4.55. The second-order valence-corrected chi connectivity index (χ2v) is 4.98. The maximum absolute atomic E-state index is 12.7. The molecule has 1 fully saturated rings. The highest BCUT2D eigenvalue weighted by Gasteiger charge is 2.44. The number of rotatable bonds is 3. The van der Waals surface area contributed by atoms with Crippen LogP contribution in [0.5, 0.6) is 0 Å². The Morgan fingerprint density at radius 2 is 1.88 bits per heavy atom. The van der Waals surface area contributed by atoms with Crippen LogP contribution in [0.15, 0.2) is 18.2 Å². The molecule has 0 heterocycles. The summed E-state index contributed by atoms with van der Waals surface area (Å²) in [4.78, 5) is 0. The summed E-state index contributed by atoms with van der Waals surface area (Å²) in [6, 6.07) is 3.79. The van der Waals surface area contributed by atoms with Crippen molar-refractivity contribution in [1.82, 2.24) is 0 Å². The number of hydrogen-bond donors (Lipinski definition) is 1. The van der Waals surface area contributed by atoms with Crippen LogP contribution in [0.4, 0.5) is 13.2 Å². The predicted octanol–water partition coefficient (Wildman–Crippen LogP) is 3.74. The maximum Gasteiger partial charge on any atom is 0.416 e. The quantitative estimate of drug-likeness (QED) is 0.883. The summed E-state index contributed by atoms with van der Waals surface area (Å²) in [5, 5.41) is 0.137. The highest BCUT2D eigenvalue weighted by Crippen LogP contribution is 2.52. The van der Waals surface area contributed by atoms with Crippen LogP contribution in [0.3, 0.4) is 0 Å². The van der Waals surface area contributed by atoms with E-state index in [1.165, 1.54) is 6.07 Å². The lowest BCUT2D eigenvalue weighted by molar-refractivity contribution is -0.137. The minimum atomic E-state index is -4.35. The second kappa shape index (κ2) is 4.18. The van der Waals surface area contributed by atoms with Crippen LogP contribution < -0.4 is 5.73 Å². The van der Waals surface area contributed by atoms with Crippen molar-refractivity contribution in [3.63, 3.8) is 0 Å². The van der Waals surface area contributed by atoms with Gasteiger partial charge >= 0.3 is 6.18 Å². The van der Waals surface area contributed by atoms with Gasteiger partial charge in [-0.05, 0) is 55.0 Å². The van der Waals surface area contributed by atoms with Gasteiger partial charge in [0.15, 0.2) is 0 Å². The van der Waals surface area contributed by atoms with E-state index in [9.17, 15) is 13.2 Å². The predicted molar refractivity (Wildman–Crippen MR) is 61.0 cm³/mol. The van der Waals surface area contributed by atoms with Crippen molar-refractivity contribution in [2.75, 3.05) is 6.54 Å². The molecule has 0 amide bonds. The van der Waals surface area contributed by atoms with Gasteiger partial charge in [0.2, 0.25) is 0 Å². The van der Waals surface area contributed by atoms with Crippen molar-refractivity contribution in [3.8, 4) is 0 Å². The van der Waals surface area contributed by atoms with Crippen molar-refractivity contribution < 1.29 is 13.2 Å². The molecule has 17 heavy (non-hydrogen) atoms. The van der Waals surface area contributed by atoms with E-state index in [2.05, 4.69) is 0 Å². The van der Waals surface area contributed by atoms with Gasteiger partial charge in [-0.3, -0.25) is 0 Å². The number of halogens is 4. The molecule has 5 heteroatoms. The molecule has 0 bridgehead atoms. The molecular weight excluding hydrogens is 251 g/mol. The third-order valence-electron chi connectivity index (χ3n) is 3.31. The standard InChI is InChI=1S/C12H13ClF3N/c13-10-6-8(11(1-2-11)3-4-17)5-9(7-10)12(14,15)16/h5-7H,1-4,17H2. The maximum atomic E-state index is 12.7. The smallest absolute Gasteiger partial charge is 0.330 e. The van der Waals surface area contributed by atoms with Gasteiger partial charge < -0.3 is 5.73 Å². The van der Waals surface area contributed by atoms with Gasteiger partial charge in [0.05, 0.1) is 5.56 Å². The first-order valence-electron chi connectivity index (χ1n) is 5.46. The van der Waals surface area contributed by atoms with Gasteiger partial charge in [-0.15, -0.1) is 0 Å². The molecule has 94 valence electrons. The number of alkyl halides is 3.